The van der Waals surface area contributed by atoms with Crippen LogP contribution in [-0.4, -0.2) is 6.29 Å². The standard InChI is InChI=1S/C5H4O2.Ni/c6-4-5-2-1-3-7-5;/h1-4H;. The molecule has 0 aliphatic rings. The van der Waals surface area contributed by atoms with Gasteiger partial charge in [-0.3, -0.25) is 4.79 Å². The molecule has 0 spiro atoms. The molecule has 1 rings (SSSR count). The molecular weight excluding hydrogens is 151 g/mol. The molecular formula is C5H4NiO2. The van der Waals surface area contributed by atoms with E-state index in [9.17, 15) is 4.79 Å². The van der Waals surface area contributed by atoms with Crippen molar-refractivity contribution >= 4 is 6.29 Å². The average Bonchev–Trinajstić information content (AvgIpc) is 2.14. The van der Waals surface area contributed by atoms with Crippen LogP contribution in [0, 0.1) is 0 Å². The maximum absolute atomic E-state index is 9.77. The van der Waals surface area contributed by atoms with Crippen molar-refractivity contribution in [3.63, 3.8) is 0 Å². The van der Waals surface area contributed by atoms with Crippen LogP contribution in [0.4, 0.5) is 0 Å². The molecule has 0 N–H and O–H groups in total. The Morgan fingerprint density at radius 2 is 2.38 bits per heavy atom. The van der Waals surface area contributed by atoms with E-state index in [1.54, 1.807) is 12.1 Å². The smallest absolute Gasteiger partial charge is 0.185 e. The van der Waals surface area contributed by atoms with Crippen LogP contribution < -0.4 is 0 Å². The van der Waals surface area contributed by atoms with Crippen LogP contribution in [0.3, 0.4) is 0 Å². The summed E-state index contributed by atoms with van der Waals surface area (Å²) in [6, 6.07) is 3.27. The Kier molecular flexibility index (Phi) is 3.21. The van der Waals surface area contributed by atoms with Gasteiger partial charge in [0.25, 0.3) is 0 Å². The largest absolute Gasteiger partial charge is 0.462 e. The molecule has 2 nitrogen and oxygen atoms in total. The Labute approximate surface area is 56.8 Å². The van der Waals surface area contributed by atoms with E-state index in [2.05, 4.69) is 4.42 Å². The Morgan fingerprint density at radius 1 is 1.62 bits per heavy atom. The predicted molar refractivity (Wildman–Crippen MR) is 24.1 cm³/mol. The maximum atomic E-state index is 9.77. The van der Waals surface area contributed by atoms with Crippen molar-refractivity contribution in [2.75, 3.05) is 0 Å². The molecule has 0 unspecified atom stereocenters. The van der Waals surface area contributed by atoms with Gasteiger partial charge >= 0.3 is 0 Å². The summed E-state index contributed by atoms with van der Waals surface area (Å²) in [4.78, 5) is 9.77. The van der Waals surface area contributed by atoms with Crippen LogP contribution in [0.25, 0.3) is 0 Å². The van der Waals surface area contributed by atoms with Crippen molar-refractivity contribution in [1.82, 2.24) is 0 Å². The second-order valence-corrected chi connectivity index (χ2v) is 1.13. The normalized spacial score (nSPS) is 7.50. The van der Waals surface area contributed by atoms with E-state index in [0.29, 0.717) is 12.0 Å². The number of hydrogen-bond acceptors (Lipinski definition) is 2. The molecule has 0 saturated heterocycles. The molecule has 0 radical (unpaired) electrons. The fourth-order valence-electron chi connectivity index (χ4n) is 0.358. The van der Waals surface area contributed by atoms with Gasteiger partial charge < -0.3 is 4.42 Å². The summed E-state index contributed by atoms with van der Waals surface area (Å²) in [5.74, 6) is 0.375. The van der Waals surface area contributed by atoms with Gasteiger partial charge in [0.05, 0.1) is 6.26 Å². The van der Waals surface area contributed by atoms with E-state index in [4.69, 9.17) is 0 Å². The van der Waals surface area contributed by atoms with Crippen molar-refractivity contribution < 1.29 is 25.7 Å². The molecule has 0 aliphatic carbocycles. The second kappa shape index (κ2) is 3.45. The van der Waals surface area contributed by atoms with E-state index in [1.807, 2.05) is 0 Å². The average molecular weight is 155 g/mol. The van der Waals surface area contributed by atoms with Crippen LogP contribution in [0.2, 0.25) is 0 Å². The van der Waals surface area contributed by atoms with Gasteiger partial charge in [-0.1, -0.05) is 0 Å². The van der Waals surface area contributed by atoms with E-state index in [-0.39, 0.29) is 16.5 Å². The van der Waals surface area contributed by atoms with Crippen LogP contribution in [0.1, 0.15) is 10.6 Å². The Bertz CT molecular complexity index is 145. The molecule has 0 aromatic carbocycles. The number of carbonyl (C=O) groups excluding carboxylic acids is 1. The number of furan rings is 1. The van der Waals surface area contributed by atoms with Gasteiger partial charge in [-0.25, -0.2) is 0 Å². The van der Waals surface area contributed by atoms with Gasteiger partial charge in [0, 0.05) is 16.5 Å². The van der Waals surface area contributed by atoms with Gasteiger partial charge in [-0.2, -0.15) is 0 Å². The van der Waals surface area contributed by atoms with Crippen LogP contribution in [0.5, 0.6) is 0 Å². The Hall–Kier alpha value is -0.556. The van der Waals surface area contributed by atoms with Crippen molar-refractivity contribution in [1.29, 1.82) is 0 Å². The van der Waals surface area contributed by atoms with E-state index in [0.717, 1.165) is 0 Å². The molecule has 1 heterocycles. The third-order valence-electron chi connectivity index (χ3n) is 0.659. The maximum Gasteiger partial charge on any atom is 0.185 e. The molecule has 3 heteroatoms. The molecule has 0 saturated carbocycles. The van der Waals surface area contributed by atoms with Gasteiger partial charge in [-0.05, 0) is 12.1 Å². The summed E-state index contributed by atoms with van der Waals surface area (Å²) >= 11 is 0. The number of rotatable bonds is 1. The summed E-state index contributed by atoms with van der Waals surface area (Å²) in [6.07, 6.45) is 2.13. The van der Waals surface area contributed by atoms with Gasteiger partial charge in [0.2, 0.25) is 0 Å². The van der Waals surface area contributed by atoms with Crippen molar-refractivity contribution in [2.45, 2.75) is 0 Å². The van der Waals surface area contributed by atoms with Crippen molar-refractivity contribution in [2.24, 2.45) is 0 Å². The minimum Gasteiger partial charge on any atom is -0.462 e. The van der Waals surface area contributed by atoms with Crippen LogP contribution in [0.15, 0.2) is 22.8 Å². The summed E-state index contributed by atoms with van der Waals surface area (Å²) in [6.45, 7) is 0. The number of carbonyl (C=O) groups is 1. The summed E-state index contributed by atoms with van der Waals surface area (Å²) in [5.41, 5.74) is 0. The number of hydrogen-bond donors (Lipinski definition) is 0. The van der Waals surface area contributed by atoms with Crippen molar-refractivity contribution in [3.05, 3.63) is 24.2 Å². The van der Waals surface area contributed by atoms with E-state index in [1.165, 1.54) is 6.26 Å². The molecule has 0 bridgehead atoms. The zero-order chi connectivity index (χ0) is 5.11. The minimum absolute atomic E-state index is 0. The molecule has 8 heavy (non-hydrogen) atoms. The third-order valence-corrected chi connectivity index (χ3v) is 0.659. The first-order valence-corrected chi connectivity index (χ1v) is 1.92. The van der Waals surface area contributed by atoms with Crippen molar-refractivity contribution in [3.8, 4) is 0 Å². The fourth-order valence-corrected chi connectivity index (χ4v) is 0.358. The Balaban J connectivity index is 0.000000490. The first-order valence-electron chi connectivity index (χ1n) is 1.92. The monoisotopic (exact) mass is 154 g/mol. The zero-order valence-electron chi connectivity index (χ0n) is 3.94. The number of aldehydes is 1. The van der Waals surface area contributed by atoms with Gasteiger partial charge in [-0.15, -0.1) is 0 Å². The van der Waals surface area contributed by atoms with Crippen LogP contribution in [-0.2, 0) is 16.5 Å². The molecule has 1 aromatic rings. The zero-order valence-corrected chi connectivity index (χ0v) is 4.93. The summed E-state index contributed by atoms with van der Waals surface area (Å²) in [5, 5.41) is 0. The van der Waals surface area contributed by atoms with Crippen LogP contribution >= 0.6 is 0 Å². The minimum atomic E-state index is 0. The molecule has 0 atom stereocenters. The second-order valence-electron chi connectivity index (χ2n) is 1.13. The third kappa shape index (κ3) is 1.51. The van der Waals surface area contributed by atoms with Gasteiger partial charge in [0.1, 0.15) is 0 Å². The first-order chi connectivity index (χ1) is 3.43. The quantitative estimate of drug-likeness (QED) is 0.448. The molecule has 1 aromatic heterocycles. The van der Waals surface area contributed by atoms with E-state index >= 15 is 0 Å². The molecule has 0 fully saturated rings. The van der Waals surface area contributed by atoms with E-state index < -0.39 is 0 Å². The first kappa shape index (κ1) is 7.44. The predicted octanol–water partition coefficient (Wildman–Crippen LogP) is 1.09. The van der Waals surface area contributed by atoms with Gasteiger partial charge in [0.15, 0.2) is 12.0 Å². The molecule has 46 valence electrons. The molecule has 0 amide bonds. The summed E-state index contributed by atoms with van der Waals surface area (Å²) in [7, 11) is 0. The molecule has 0 aliphatic heterocycles. The summed E-state index contributed by atoms with van der Waals surface area (Å²) < 4.78 is 4.61. The SMILES string of the molecule is O=Cc1ccco1.[Ni]. The topological polar surface area (TPSA) is 30.2 Å². The Morgan fingerprint density at radius 3 is 2.62 bits per heavy atom. The fraction of sp³-hybridized carbons (Fsp3) is 0.